The first-order valence-corrected chi connectivity index (χ1v) is 14.2. The summed E-state index contributed by atoms with van der Waals surface area (Å²) in [6, 6.07) is 7.24. The van der Waals surface area contributed by atoms with Gasteiger partial charge in [-0.2, -0.15) is 0 Å². The fraction of sp³-hybridized carbons (Fsp3) is 0.630. The first-order chi connectivity index (χ1) is 16.9. The standard InChI is InChI=1S/C27H41NO7S/c1-6-8-16-27(33-18-19-34-27)17-15-21(28-25(30)35-26(3,4)5)20-23(29)24(12-7-2)36(31,32)22-13-10-9-11-14-22/h7,9-11,13-14,21,24H,2,6,8,12,15-20H2,1,3-5H3,(H,28,30). The van der Waals surface area contributed by atoms with E-state index in [1.54, 1.807) is 39.0 Å². The number of Topliss-reactive ketones (excluding diaryl/α,β-unsaturated/α-hetero) is 1. The van der Waals surface area contributed by atoms with Crippen LogP contribution in [0, 0.1) is 0 Å². The molecule has 1 aliphatic heterocycles. The normalized spacial score (nSPS) is 17.2. The third kappa shape index (κ3) is 9.01. The van der Waals surface area contributed by atoms with Crippen LogP contribution >= 0.6 is 0 Å². The van der Waals surface area contributed by atoms with Gasteiger partial charge in [-0.05, 0) is 52.2 Å². The SMILES string of the molecule is C=CCC(C(=O)CC(CCC1(CCCC)OCCO1)NC(=O)OC(C)(C)C)S(=O)(=O)c1ccccc1. The van der Waals surface area contributed by atoms with Crippen molar-refractivity contribution in [3.63, 3.8) is 0 Å². The van der Waals surface area contributed by atoms with E-state index in [1.807, 2.05) is 0 Å². The van der Waals surface area contributed by atoms with Crippen molar-refractivity contribution in [3.05, 3.63) is 43.0 Å². The Morgan fingerprint density at radius 3 is 2.36 bits per heavy atom. The number of carbonyl (C=O) groups is 2. The van der Waals surface area contributed by atoms with Gasteiger partial charge in [0.05, 0.1) is 18.1 Å². The predicted molar refractivity (Wildman–Crippen MR) is 138 cm³/mol. The third-order valence-corrected chi connectivity index (χ3v) is 8.09. The van der Waals surface area contributed by atoms with Gasteiger partial charge >= 0.3 is 6.09 Å². The van der Waals surface area contributed by atoms with Crippen molar-refractivity contribution < 1.29 is 32.2 Å². The molecule has 0 aliphatic carbocycles. The number of alkyl carbamates (subject to hydrolysis) is 1. The van der Waals surface area contributed by atoms with Crippen molar-refractivity contribution in [1.82, 2.24) is 5.32 Å². The predicted octanol–water partition coefficient (Wildman–Crippen LogP) is 4.97. The largest absolute Gasteiger partial charge is 0.444 e. The van der Waals surface area contributed by atoms with Gasteiger partial charge in [0.1, 0.15) is 10.9 Å². The topological polar surface area (TPSA) is 108 Å². The molecule has 1 saturated heterocycles. The molecule has 1 fully saturated rings. The molecular weight excluding hydrogens is 482 g/mol. The summed E-state index contributed by atoms with van der Waals surface area (Å²) < 4.78 is 43.8. The number of nitrogens with one attached hydrogen (secondary N) is 1. The molecule has 1 aliphatic rings. The second-order valence-electron chi connectivity index (χ2n) is 10.1. The van der Waals surface area contributed by atoms with Crippen LogP contribution in [-0.4, -0.2) is 56.2 Å². The molecule has 0 aromatic heterocycles. The van der Waals surface area contributed by atoms with Crippen LogP contribution in [0.15, 0.2) is 47.9 Å². The zero-order chi connectivity index (χ0) is 26.8. The molecule has 202 valence electrons. The lowest BCUT2D eigenvalue weighted by Gasteiger charge is -2.30. The van der Waals surface area contributed by atoms with Gasteiger partial charge in [0.15, 0.2) is 21.4 Å². The van der Waals surface area contributed by atoms with E-state index < -0.39 is 44.4 Å². The Kier molecular flexibility index (Phi) is 11.1. The summed E-state index contributed by atoms with van der Waals surface area (Å²) in [4.78, 5) is 26.0. The first kappa shape index (κ1) is 30.0. The van der Waals surface area contributed by atoms with Crippen LogP contribution in [0.5, 0.6) is 0 Å². The Labute approximate surface area is 215 Å². The average Bonchev–Trinajstić information content (AvgIpc) is 3.28. The molecule has 9 heteroatoms. The number of amides is 1. The van der Waals surface area contributed by atoms with Crippen LogP contribution in [0.1, 0.15) is 72.6 Å². The minimum Gasteiger partial charge on any atom is -0.444 e. The lowest BCUT2D eigenvalue weighted by molar-refractivity contribution is -0.169. The molecule has 2 unspecified atom stereocenters. The van der Waals surface area contributed by atoms with Crippen molar-refractivity contribution in [3.8, 4) is 0 Å². The number of carbonyl (C=O) groups excluding carboxylic acids is 2. The van der Waals surface area contributed by atoms with E-state index in [9.17, 15) is 18.0 Å². The maximum absolute atomic E-state index is 13.4. The molecule has 1 aromatic rings. The molecule has 0 spiro atoms. The molecule has 2 atom stereocenters. The Bertz CT molecular complexity index is 964. The molecule has 1 N–H and O–H groups in total. The van der Waals surface area contributed by atoms with Gasteiger partial charge < -0.3 is 19.5 Å². The van der Waals surface area contributed by atoms with Crippen molar-refractivity contribution in [2.24, 2.45) is 0 Å². The molecule has 0 radical (unpaired) electrons. The second-order valence-corrected chi connectivity index (χ2v) is 12.3. The number of hydrogen-bond acceptors (Lipinski definition) is 7. The number of sulfone groups is 1. The number of allylic oxidation sites excluding steroid dienone is 1. The monoisotopic (exact) mass is 523 g/mol. The molecule has 1 aromatic carbocycles. The van der Waals surface area contributed by atoms with Gasteiger partial charge in [-0.15, -0.1) is 6.58 Å². The first-order valence-electron chi connectivity index (χ1n) is 12.6. The Balaban J connectivity index is 2.23. The molecule has 36 heavy (non-hydrogen) atoms. The van der Waals surface area contributed by atoms with Crippen LogP contribution in [0.2, 0.25) is 0 Å². The van der Waals surface area contributed by atoms with E-state index >= 15 is 0 Å². The number of ketones is 1. The van der Waals surface area contributed by atoms with Gasteiger partial charge in [-0.3, -0.25) is 4.79 Å². The van der Waals surface area contributed by atoms with Gasteiger partial charge in [-0.25, -0.2) is 13.2 Å². The van der Waals surface area contributed by atoms with Crippen LogP contribution in [-0.2, 0) is 28.8 Å². The van der Waals surface area contributed by atoms with Crippen molar-refractivity contribution >= 4 is 21.7 Å². The molecule has 0 bridgehead atoms. The minimum atomic E-state index is -3.93. The van der Waals surface area contributed by atoms with Gasteiger partial charge in [-0.1, -0.05) is 37.6 Å². The van der Waals surface area contributed by atoms with Crippen molar-refractivity contribution in [2.45, 2.75) is 100 Å². The average molecular weight is 524 g/mol. The highest BCUT2D eigenvalue weighted by molar-refractivity contribution is 7.92. The smallest absolute Gasteiger partial charge is 0.407 e. The maximum atomic E-state index is 13.4. The zero-order valence-electron chi connectivity index (χ0n) is 22.0. The number of hydrogen-bond donors (Lipinski definition) is 1. The van der Waals surface area contributed by atoms with Crippen molar-refractivity contribution in [1.29, 1.82) is 0 Å². The summed E-state index contributed by atoms with van der Waals surface area (Å²) in [6.45, 7) is 12.0. The van der Waals surface area contributed by atoms with E-state index in [0.717, 1.165) is 12.8 Å². The summed E-state index contributed by atoms with van der Waals surface area (Å²) in [5.74, 6) is -1.25. The Hall–Kier alpha value is -2.23. The Morgan fingerprint density at radius 2 is 1.81 bits per heavy atom. The zero-order valence-corrected chi connectivity index (χ0v) is 22.8. The van der Waals surface area contributed by atoms with Crippen LogP contribution in [0.3, 0.4) is 0 Å². The number of unbranched alkanes of at least 4 members (excludes halogenated alkanes) is 1. The Morgan fingerprint density at radius 1 is 1.17 bits per heavy atom. The van der Waals surface area contributed by atoms with Gasteiger partial charge in [0, 0.05) is 25.3 Å². The molecule has 0 saturated carbocycles. The van der Waals surface area contributed by atoms with Crippen molar-refractivity contribution in [2.75, 3.05) is 13.2 Å². The van der Waals surface area contributed by atoms with Gasteiger partial charge in [0.2, 0.25) is 0 Å². The fourth-order valence-corrected chi connectivity index (χ4v) is 5.88. The van der Waals surface area contributed by atoms with Crippen LogP contribution < -0.4 is 5.32 Å². The second kappa shape index (κ2) is 13.4. The van der Waals surface area contributed by atoms with E-state index in [-0.39, 0.29) is 17.7 Å². The van der Waals surface area contributed by atoms with E-state index in [2.05, 4.69) is 18.8 Å². The van der Waals surface area contributed by atoms with E-state index in [0.29, 0.717) is 32.5 Å². The molecular formula is C27H41NO7S. The van der Waals surface area contributed by atoms with Crippen LogP contribution in [0.25, 0.3) is 0 Å². The van der Waals surface area contributed by atoms with Gasteiger partial charge in [0.25, 0.3) is 0 Å². The lowest BCUT2D eigenvalue weighted by atomic mass is 9.96. The van der Waals surface area contributed by atoms with Crippen LogP contribution in [0.4, 0.5) is 4.79 Å². The summed E-state index contributed by atoms with van der Waals surface area (Å²) in [5, 5.41) is 1.48. The van der Waals surface area contributed by atoms with E-state index in [4.69, 9.17) is 14.2 Å². The fourth-order valence-electron chi connectivity index (χ4n) is 4.18. The third-order valence-electron chi connectivity index (χ3n) is 5.95. The summed E-state index contributed by atoms with van der Waals surface area (Å²) in [5.41, 5.74) is -0.722. The lowest BCUT2D eigenvalue weighted by Crippen LogP contribution is -2.43. The number of ether oxygens (including phenoxy) is 3. The molecule has 1 heterocycles. The number of benzene rings is 1. The highest BCUT2D eigenvalue weighted by atomic mass is 32.2. The highest BCUT2D eigenvalue weighted by Crippen LogP contribution is 2.32. The highest BCUT2D eigenvalue weighted by Gasteiger charge is 2.38. The minimum absolute atomic E-state index is 0.0259. The summed E-state index contributed by atoms with van der Waals surface area (Å²) >= 11 is 0. The molecule has 8 nitrogen and oxygen atoms in total. The summed E-state index contributed by atoms with van der Waals surface area (Å²) in [7, 11) is -3.93. The number of rotatable bonds is 14. The maximum Gasteiger partial charge on any atom is 0.407 e. The molecule has 1 amide bonds. The molecule has 2 rings (SSSR count). The quantitative estimate of drug-likeness (QED) is 0.343. The summed E-state index contributed by atoms with van der Waals surface area (Å²) in [6.07, 6.45) is 3.99. The van der Waals surface area contributed by atoms with E-state index in [1.165, 1.54) is 18.2 Å².